The maximum absolute atomic E-state index is 14.5. The van der Waals surface area contributed by atoms with Crippen molar-refractivity contribution in [2.24, 2.45) is 105 Å². The summed E-state index contributed by atoms with van der Waals surface area (Å²) in [4.78, 5) is 29.1. The maximum Gasteiger partial charge on any atom is 0.311 e. The average molecular weight is 1460 g/mol. The van der Waals surface area contributed by atoms with Crippen molar-refractivity contribution in [3.63, 3.8) is 0 Å². The van der Waals surface area contributed by atoms with Crippen LogP contribution in [0.2, 0.25) is 0 Å². The van der Waals surface area contributed by atoms with Crippen LogP contribution >= 0.6 is 0 Å². The monoisotopic (exact) mass is 1460 g/mol. The Morgan fingerprint density at radius 2 is 0.777 bits per heavy atom. The van der Waals surface area contributed by atoms with Crippen LogP contribution in [0.25, 0.3) is 0 Å². The van der Waals surface area contributed by atoms with Crippen LogP contribution in [0.15, 0.2) is 0 Å². The van der Waals surface area contributed by atoms with Crippen molar-refractivity contribution >= 4 is 11.9 Å². The van der Waals surface area contributed by atoms with Gasteiger partial charge in [-0.05, 0) is 171 Å². The minimum atomic E-state index is -1.43. The smallest absolute Gasteiger partial charge is 0.311 e. The molecule has 0 saturated carbocycles. The standard InChI is InChI=1S/C43H78O9.C42H74O9/c1-18-32-43(45,19-2)37-27(7)34(51-42(16,17)52-37)24(4)21-41(14,15)36(50-39-26(6)23(3)20-25(5)46-39)28(8)35(29(9)38(44)48-32)49-33-22-40(12,13)30(10)31(11)47-33;1-17-31-42(21-44-42)36-26(6)33(50-41(15,16)51-36)23(3)19-40(13,14)35(49-38-25(5)22(2)18-24(4)45-38)27(7)34(28(8)37(43)47-31)48-32-20-39(11,12)29(9)30(10)46-32/h23-37,39,45H,18-22H2,1-17H3;22-36,38H,17-21H2,1-16H3/t23-,24+,25+,26+,27-,28-,29+,30-,31-,32+,33?,34-,35-,36+,37+,39?,43+;22-,23+,24+,25+,26-,27-,28+,29-,30-,31+,32?,33-,34-,35+,36+,38?,42+/m00/s1. The fourth-order valence-corrected chi connectivity index (χ4v) is 20.7. The van der Waals surface area contributed by atoms with E-state index >= 15 is 0 Å². The Hall–Kier alpha value is -1.62. The molecule has 18 nitrogen and oxygen atoms in total. The van der Waals surface area contributed by atoms with Crippen LogP contribution in [-0.4, -0.2) is 157 Å². The van der Waals surface area contributed by atoms with Crippen LogP contribution in [-0.2, 0) is 80.6 Å². The van der Waals surface area contributed by atoms with Crippen LogP contribution in [0, 0.1) is 105 Å². The van der Waals surface area contributed by atoms with E-state index in [4.69, 9.17) is 71.1 Å². The lowest BCUT2D eigenvalue weighted by Crippen LogP contribution is -2.65. The highest BCUT2D eigenvalue weighted by Crippen LogP contribution is 2.54. The van der Waals surface area contributed by atoms with E-state index in [1.54, 1.807) is 0 Å². The second kappa shape index (κ2) is 33.0. The summed E-state index contributed by atoms with van der Waals surface area (Å²) in [6.07, 6.45) is 0.464. The summed E-state index contributed by atoms with van der Waals surface area (Å²) >= 11 is 0. The van der Waals surface area contributed by atoms with Gasteiger partial charge in [0.1, 0.15) is 23.9 Å². The van der Waals surface area contributed by atoms with Gasteiger partial charge in [0.2, 0.25) is 0 Å². The molecule has 4 bridgehead atoms. The highest BCUT2D eigenvalue weighted by atomic mass is 16.8. The molecular formula is C85H152O18. The van der Waals surface area contributed by atoms with Crippen molar-refractivity contribution in [2.45, 2.75) is 420 Å². The summed E-state index contributed by atoms with van der Waals surface area (Å²) in [5.74, 6) is -2.19. The van der Waals surface area contributed by atoms with Gasteiger partial charge in [-0.1, -0.05) is 159 Å². The Bertz CT molecular complexity index is 2750. The van der Waals surface area contributed by atoms with Gasteiger partial charge in [0.05, 0.1) is 85.6 Å². The molecule has 9 saturated heterocycles. The van der Waals surface area contributed by atoms with Crippen molar-refractivity contribution < 1.29 is 85.7 Å². The molecule has 0 aromatic carbocycles. The van der Waals surface area contributed by atoms with Gasteiger partial charge in [-0.15, -0.1) is 0 Å². The molecule has 18 heteroatoms. The lowest BCUT2D eigenvalue weighted by atomic mass is 9.68. The summed E-state index contributed by atoms with van der Waals surface area (Å²) in [6, 6.07) is 0. The van der Waals surface area contributed by atoms with Gasteiger partial charge in [-0.2, -0.15) is 0 Å². The van der Waals surface area contributed by atoms with Crippen LogP contribution < -0.4 is 0 Å². The SMILES string of the molecule is CC[C@H]1OC(=O)[C@H](C)[C@@H](OC2CC(C)(C)[C@@H](C)[C@H](C)O2)[C@H](C)[C@@H](OC2O[C@H](C)C[C@H](C)[C@H]2C)C(C)(C)C[C@@H](C)[C@@H]2OC(C)(C)O[C@H]([C@H]2C)[C@@]1(O)CC.CC[C@H]1OC(=O)[C@H](C)[C@@H](OC2CC(C)(C)[C@@H](C)[C@H](C)O2)[C@H](C)[C@@H](OC2O[C@H](C)C[C@H](C)[C@H]2C)C(C)(C)C[C@@H](C)[C@@H]2OC(C)(C)O[C@H]([C@H]2C)[C@@]12CO2. The second-order valence-electron chi connectivity index (χ2n) is 39.2. The van der Waals surface area contributed by atoms with E-state index in [9.17, 15) is 14.7 Å². The first-order chi connectivity index (χ1) is 47.4. The van der Waals surface area contributed by atoms with Crippen molar-refractivity contribution in [3.05, 3.63) is 0 Å². The maximum atomic E-state index is 14.5. The fourth-order valence-electron chi connectivity index (χ4n) is 20.7. The third-order valence-electron chi connectivity index (χ3n) is 28.1. The largest absolute Gasteiger partial charge is 0.459 e. The zero-order valence-corrected chi connectivity index (χ0v) is 70.9. The summed E-state index contributed by atoms with van der Waals surface area (Å²) in [5.41, 5.74) is -2.95. The number of esters is 2. The molecular weight excluding hydrogens is 1310 g/mol. The molecule has 0 radical (unpaired) electrons. The van der Waals surface area contributed by atoms with Gasteiger partial charge >= 0.3 is 11.9 Å². The van der Waals surface area contributed by atoms with Gasteiger partial charge in [0.25, 0.3) is 0 Å². The number of fused-ring (bicyclic) bond motifs is 5. The number of rotatable bonds is 11. The fraction of sp³-hybridized carbons (Fsp3) is 0.976. The number of carbonyl (C=O) groups excluding carboxylic acids is 2. The van der Waals surface area contributed by atoms with E-state index in [1.165, 1.54) is 0 Å². The summed E-state index contributed by atoms with van der Waals surface area (Å²) in [6.45, 7) is 71.5. The zero-order valence-electron chi connectivity index (χ0n) is 70.9. The van der Waals surface area contributed by atoms with Gasteiger partial charge in [0, 0.05) is 48.3 Å². The molecule has 600 valence electrons. The topological polar surface area (TPSA) is 196 Å². The second-order valence-corrected chi connectivity index (χ2v) is 39.2. The predicted molar refractivity (Wildman–Crippen MR) is 400 cm³/mol. The zero-order chi connectivity index (χ0) is 77.3. The van der Waals surface area contributed by atoms with Crippen LogP contribution in [0.5, 0.6) is 0 Å². The molecule has 0 aliphatic carbocycles. The Kier molecular flexibility index (Phi) is 27.8. The molecule has 9 aliphatic rings. The lowest BCUT2D eigenvalue weighted by molar-refractivity contribution is -0.362. The molecule has 34 atom stereocenters. The van der Waals surface area contributed by atoms with Crippen molar-refractivity contribution in [3.8, 4) is 0 Å². The van der Waals surface area contributed by atoms with Gasteiger partial charge in [-0.3, -0.25) is 9.59 Å². The number of epoxide rings is 1. The molecule has 9 rings (SSSR count). The van der Waals surface area contributed by atoms with E-state index in [-0.39, 0.29) is 131 Å². The molecule has 0 amide bonds. The van der Waals surface area contributed by atoms with E-state index in [2.05, 4.69) is 173 Å². The molecule has 9 heterocycles. The first kappa shape index (κ1) is 87.0. The number of ether oxygens (including phenoxy) is 15. The quantitative estimate of drug-likeness (QED) is 0.151. The lowest BCUT2D eigenvalue weighted by Gasteiger charge is -2.54. The van der Waals surface area contributed by atoms with Gasteiger partial charge < -0.3 is 76.2 Å². The van der Waals surface area contributed by atoms with E-state index in [0.717, 1.165) is 32.1 Å². The molecule has 0 aromatic rings. The minimum absolute atomic E-state index is 0.00434. The Morgan fingerprint density at radius 3 is 1.13 bits per heavy atom. The molecule has 4 unspecified atom stereocenters. The Morgan fingerprint density at radius 1 is 0.417 bits per heavy atom. The minimum Gasteiger partial charge on any atom is -0.459 e. The number of cyclic esters (lactones) is 2. The highest BCUT2D eigenvalue weighted by molar-refractivity contribution is 5.73. The number of hydrogen-bond acceptors (Lipinski definition) is 18. The third kappa shape index (κ3) is 19.0. The van der Waals surface area contributed by atoms with E-state index < -0.39 is 95.4 Å². The Labute approximate surface area is 625 Å². The van der Waals surface area contributed by atoms with Gasteiger partial charge in [-0.25, -0.2) is 0 Å². The average Bonchev–Trinajstić information content (AvgIpc) is 1.62. The molecule has 103 heavy (non-hydrogen) atoms. The summed E-state index contributed by atoms with van der Waals surface area (Å²) in [5, 5.41) is 12.6. The van der Waals surface area contributed by atoms with Crippen molar-refractivity contribution in [1.82, 2.24) is 0 Å². The van der Waals surface area contributed by atoms with Gasteiger partial charge in [0.15, 0.2) is 42.3 Å². The molecule has 1 spiro atoms. The highest BCUT2D eigenvalue weighted by Gasteiger charge is 2.66. The van der Waals surface area contributed by atoms with Crippen LogP contribution in [0.1, 0.15) is 286 Å². The van der Waals surface area contributed by atoms with Crippen LogP contribution in [0.4, 0.5) is 0 Å². The first-order valence-electron chi connectivity index (χ1n) is 41.1. The summed E-state index contributed by atoms with van der Waals surface area (Å²) < 4.78 is 101. The molecule has 0 aromatic heterocycles. The Balaban J connectivity index is 0.000000261. The number of carbonyl (C=O) groups is 2. The van der Waals surface area contributed by atoms with Crippen LogP contribution in [0.3, 0.4) is 0 Å². The van der Waals surface area contributed by atoms with Crippen molar-refractivity contribution in [2.75, 3.05) is 6.61 Å². The van der Waals surface area contributed by atoms with Crippen molar-refractivity contribution in [1.29, 1.82) is 0 Å². The van der Waals surface area contributed by atoms with E-state index in [0.29, 0.717) is 56.0 Å². The number of aliphatic hydroxyl groups is 1. The molecule has 9 aliphatic heterocycles. The molecule has 1 N–H and O–H groups in total. The molecule has 9 fully saturated rings. The first-order valence-corrected chi connectivity index (χ1v) is 41.1. The van der Waals surface area contributed by atoms with E-state index in [1.807, 2.05) is 55.4 Å². The predicted octanol–water partition coefficient (Wildman–Crippen LogP) is 17.5. The summed E-state index contributed by atoms with van der Waals surface area (Å²) in [7, 11) is 0. The third-order valence-corrected chi connectivity index (χ3v) is 28.1. The normalized spacial score (nSPS) is 49.5. The number of hydrogen-bond donors (Lipinski definition) is 1.